The molecule has 0 radical (unpaired) electrons. The number of carbonyl (C=O) groups is 2. The van der Waals surface area contributed by atoms with E-state index < -0.39 is 24.0 Å². The van der Waals surface area contributed by atoms with Gasteiger partial charge in [0.1, 0.15) is 11.8 Å². The molecule has 0 aromatic rings. The van der Waals surface area contributed by atoms with E-state index in [1.165, 1.54) is 19.3 Å². The highest BCUT2D eigenvalue weighted by Gasteiger charge is 2.39. The molecule has 0 aromatic heterocycles. The molecular formula is C26H46N6O4. The lowest BCUT2D eigenvalue weighted by Crippen LogP contribution is -2.66. The number of nitrogens with one attached hydrogen (secondary N) is 3. The number of amides is 2. The minimum atomic E-state index is -0.859. The Morgan fingerprint density at radius 3 is 2.36 bits per heavy atom. The van der Waals surface area contributed by atoms with Crippen LogP contribution < -0.4 is 16.0 Å². The van der Waals surface area contributed by atoms with Gasteiger partial charge in [-0.25, -0.2) is 4.79 Å². The number of nitrogens with zero attached hydrogens (tertiary/aromatic N) is 3. The summed E-state index contributed by atoms with van der Waals surface area (Å²) in [6.45, 7) is 8.81. The monoisotopic (exact) mass is 506 g/mol. The van der Waals surface area contributed by atoms with E-state index in [1.807, 2.05) is 20.9 Å². The van der Waals surface area contributed by atoms with E-state index in [-0.39, 0.29) is 24.7 Å². The Morgan fingerprint density at radius 1 is 1.14 bits per heavy atom. The first kappa shape index (κ1) is 28.6. The number of carbonyl (C=O) groups excluding carboxylic acids is 2. The first-order chi connectivity index (χ1) is 17.2. The zero-order chi connectivity index (χ0) is 26.1. The Morgan fingerprint density at radius 2 is 1.78 bits per heavy atom. The van der Waals surface area contributed by atoms with Crippen molar-refractivity contribution in [2.75, 3.05) is 39.8 Å². The smallest absolute Gasteiger partial charge is 0.409 e. The maximum absolute atomic E-state index is 13.8. The molecule has 204 valence electrons. The maximum Gasteiger partial charge on any atom is 0.409 e. The molecule has 10 heteroatoms. The molecule has 1 unspecified atom stereocenters. The second-order valence-electron chi connectivity index (χ2n) is 10.9. The third-order valence-corrected chi connectivity index (χ3v) is 7.73. The van der Waals surface area contributed by atoms with Gasteiger partial charge in [-0.2, -0.15) is 5.26 Å². The molecule has 2 saturated heterocycles. The number of hydrogen-bond donors (Lipinski definition) is 3. The van der Waals surface area contributed by atoms with Crippen molar-refractivity contribution in [2.24, 2.45) is 5.92 Å². The summed E-state index contributed by atoms with van der Waals surface area (Å²) in [4.78, 5) is 30.5. The summed E-state index contributed by atoms with van der Waals surface area (Å²) >= 11 is 0. The van der Waals surface area contributed by atoms with Crippen LogP contribution in [0.5, 0.6) is 0 Å². The first-order valence-electron chi connectivity index (χ1n) is 13.7. The fourth-order valence-electron chi connectivity index (χ4n) is 5.74. The van der Waals surface area contributed by atoms with Crippen molar-refractivity contribution in [3.63, 3.8) is 0 Å². The minimum Gasteiger partial charge on any atom is -0.450 e. The van der Waals surface area contributed by atoms with Crippen molar-refractivity contribution >= 4 is 12.0 Å². The Hall–Kier alpha value is -1.93. The molecule has 3 N–H and O–H groups in total. The van der Waals surface area contributed by atoms with Gasteiger partial charge in [-0.05, 0) is 53.0 Å². The van der Waals surface area contributed by atoms with Gasteiger partial charge in [0.2, 0.25) is 5.91 Å². The summed E-state index contributed by atoms with van der Waals surface area (Å²) in [5.74, 6) is 0.264. The van der Waals surface area contributed by atoms with Gasteiger partial charge in [0.25, 0.3) is 0 Å². The van der Waals surface area contributed by atoms with Gasteiger partial charge in [-0.15, -0.1) is 0 Å². The summed E-state index contributed by atoms with van der Waals surface area (Å²) in [5, 5.41) is 19.5. The standard InChI is InChI=1S/C26H46N6O4/c1-5-35-25(34)29-24(32-16-19(2)36-20(3)17-32)28-22(15-21-9-7-6-8-10-21)23(33)30-26(18-27)11-13-31(4)14-12-26/h19-22,24,28H,5-17H2,1-4H3,(H,29,34)(H,30,33)/t19-,20+,22-,24?/m0/s1. The molecule has 0 bridgehead atoms. The molecule has 2 heterocycles. The van der Waals surface area contributed by atoms with Gasteiger partial charge < -0.3 is 19.7 Å². The van der Waals surface area contributed by atoms with Gasteiger partial charge in [0.05, 0.1) is 30.9 Å². The fourth-order valence-corrected chi connectivity index (χ4v) is 5.74. The zero-order valence-corrected chi connectivity index (χ0v) is 22.6. The van der Waals surface area contributed by atoms with E-state index in [1.54, 1.807) is 6.92 Å². The van der Waals surface area contributed by atoms with Gasteiger partial charge in [-0.3, -0.25) is 20.3 Å². The van der Waals surface area contributed by atoms with Crippen LogP contribution in [0.4, 0.5) is 4.79 Å². The molecule has 3 aliphatic rings. The Kier molecular flexibility index (Phi) is 10.8. The number of ether oxygens (including phenoxy) is 2. The van der Waals surface area contributed by atoms with Crippen LogP contribution in [0.3, 0.4) is 0 Å². The van der Waals surface area contributed by atoms with Crippen LogP contribution in [-0.4, -0.2) is 91.7 Å². The molecule has 3 fully saturated rings. The van der Waals surface area contributed by atoms with Crippen molar-refractivity contribution in [3.8, 4) is 6.07 Å². The van der Waals surface area contributed by atoms with Crippen LogP contribution in [0.2, 0.25) is 0 Å². The lowest BCUT2D eigenvalue weighted by molar-refractivity contribution is -0.127. The zero-order valence-electron chi connectivity index (χ0n) is 22.6. The number of morpholine rings is 1. The number of nitriles is 1. The van der Waals surface area contributed by atoms with E-state index in [0.717, 1.165) is 25.9 Å². The van der Waals surface area contributed by atoms with Crippen LogP contribution >= 0.6 is 0 Å². The Labute approximate surface area is 216 Å². The first-order valence-corrected chi connectivity index (χ1v) is 13.7. The highest BCUT2D eigenvalue weighted by Crippen LogP contribution is 2.28. The predicted molar refractivity (Wildman–Crippen MR) is 137 cm³/mol. The third kappa shape index (κ3) is 8.30. The lowest BCUT2D eigenvalue weighted by Gasteiger charge is -2.42. The molecular weight excluding hydrogens is 460 g/mol. The number of rotatable bonds is 9. The fraction of sp³-hybridized carbons (Fsp3) is 0.885. The molecule has 10 nitrogen and oxygen atoms in total. The Bertz CT molecular complexity index is 750. The lowest BCUT2D eigenvalue weighted by atomic mass is 9.84. The molecule has 2 amide bonds. The molecule has 0 aromatic carbocycles. The number of hydrogen-bond acceptors (Lipinski definition) is 8. The van der Waals surface area contributed by atoms with Crippen molar-refractivity contribution < 1.29 is 19.1 Å². The van der Waals surface area contributed by atoms with Crippen LogP contribution in [-0.2, 0) is 14.3 Å². The maximum atomic E-state index is 13.8. The van der Waals surface area contributed by atoms with Gasteiger partial charge in [-0.1, -0.05) is 32.1 Å². The average Bonchev–Trinajstić information content (AvgIpc) is 2.85. The van der Waals surface area contributed by atoms with Gasteiger partial charge >= 0.3 is 6.09 Å². The average molecular weight is 507 g/mol. The van der Waals surface area contributed by atoms with Crippen molar-refractivity contribution in [1.29, 1.82) is 5.26 Å². The number of alkyl carbamates (subject to hydrolysis) is 1. The topological polar surface area (TPSA) is 119 Å². The molecule has 1 aliphatic carbocycles. The predicted octanol–water partition coefficient (Wildman–Crippen LogP) is 2.16. The normalized spacial score (nSPS) is 27.4. The molecule has 1 saturated carbocycles. The van der Waals surface area contributed by atoms with Crippen LogP contribution in [0, 0.1) is 17.2 Å². The van der Waals surface area contributed by atoms with E-state index in [0.29, 0.717) is 38.3 Å². The van der Waals surface area contributed by atoms with Crippen LogP contribution in [0.1, 0.15) is 72.1 Å². The largest absolute Gasteiger partial charge is 0.450 e. The van der Waals surface area contributed by atoms with E-state index in [9.17, 15) is 14.9 Å². The summed E-state index contributed by atoms with van der Waals surface area (Å²) in [6, 6.07) is 1.86. The molecule has 0 spiro atoms. The second-order valence-corrected chi connectivity index (χ2v) is 10.9. The highest BCUT2D eigenvalue weighted by atomic mass is 16.5. The van der Waals surface area contributed by atoms with Gasteiger partial charge in [0, 0.05) is 26.2 Å². The van der Waals surface area contributed by atoms with E-state index in [2.05, 4.69) is 31.8 Å². The number of piperidine rings is 1. The molecule has 3 rings (SSSR count). The second kappa shape index (κ2) is 13.6. The minimum absolute atomic E-state index is 0.00578. The molecule has 2 aliphatic heterocycles. The highest BCUT2D eigenvalue weighted by molar-refractivity contribution is 5.83. The molecule has 36 heavy (non-hydrogen) atoms. The molecule has 4 atom stereocenters. The quantitative estimate of drug-likeness (QED) is 0.407. The van der Waals surface area contributed by atoms with Crippen LogP contribution in [0.15, 0.2) is 0 Å². The van der Waals surface area contributed by atoms with Crippen molar-refractivity contribution in [1.82, 2.24) is 25.8 Å². The summed E-state index contributed by atoms with van der Waals surface area (Å²) in [7, 11) is 2.03. The summed E-state index contributed by atoms with van der Waals surface area (Å²) in [6.07, 6.45) is 6.54. The Balaban J connectivity index is 1.79. The SMILES string of the molecule is CCOC(=O)NC(N[C@@H](CC1CCCCC1)C(=O)NC1(C#N)CCN(C)CC1)N1C[C@@H](C)O[C@@H](C)C1. The van der Waals surface area contributed by atoms with Gasteiger partial charge in [0.15, 0.2) is 0 Å². The third-order valence-electron chi connectivity index (χ3n) is 7.73. The van der Waals surface area contributed by atoms with Crippen LogP contribution in [0.25, 0.3) is 0 Å². The van der Waals surface area contributed by atoms with E-state index in [4.69, 9.17) is 9.47 Å². The van der Waals surface area contributed by atoms with E-state index >= 15 is 0 Å². The summed E-state index contributed by atoms with van der Waals surface area (Å²) < 4.78 is 11.1. The van der Waals surface area contributed by atoms with Crippen molar-refractivity contribution in [2.45, 2.75) is 102 Å². The summed E-state index contributed by atoms with van der Waals surface area (Å²) in [5.41, 5.74) is -0.859. The number of likely N-dealkylation sites (tertiary alicyclic amines) is 1. The van der Waals surface area contributed by atoms with Crippen molar-refractivity contribution in [3.05, 3.63) is 0 Å².